The molecule has 5 aliphatic rings. The maximum Gasteiger partial charge on any atom is 0.313 e. The van der Waals surface area contributed by atoms with Crippen LogP contribution >= 0.6 is 11.3 Å². The second-order valence-electron chi connectivity index (χ2n) is 17.0. The number of thiophene rings is 1. The fourth-order valence-corrected chi connectivity index (χ4v) is 9.92. The maximum atomic E-state index is 14.9. The van der Waals surface area contributed by atoms with Crippen molar-refractivity contribution in [2.75, 3.05) is 19.7 Å². The minimum absolute atomic E-state index is 0.0264. The van der Waals surface area contributed by atoms with Crippen molar-refractivity contribution in [3.05, 3.63) is 40.1 Å². The number of Topliss-reactive ketones (excluding diaryl/α,β-unsaturated/α-hetero) is 2. The van der Waals surface area contributed by atoms with Gasteiger partial charge in [0, 0.05) is 43.1 Å². The summed E-state index contributed by atoms with van der Waals surface area (Å²) in [4.78, 5) is 77.4. The Balaban J connectivity index is 1.34. The monoisotopic (exact) mass is 746 g/mol. The summed E-state index contributed by atoms with van der Waals surface area (Å²) < 4.78 is 11.2. The Morgan fingerprint density at radius 3 is 2.51 bits per heavy atom. The fraction of sp³-hybridized carbons (Fsp3) is 0.674. The molecule has 2 unspecified atom stereocenters. The Morgan fingerprint density at radius 1 is 1.04 bits per heavy atom. The van der Waals surface area contributed by atoms with E-state index in [2.05, 4.69) is 12.2 Å². The molecule has 0 N–H and O–H groups in total. The van der Waals surface area contributed by atoms with Crippen LogP contribution in [0, 0.1) is 35.0 Å². The van der Waals surface area contributed by atoms with E-state index in [1.54, 1.807) is 23.2 Å². The number of carbonyl (C=O) groups excluding carboxylic acids is 5. The quantitative estimate of drug-likeness (QED) is 0.205. The van der Waals surface area contributed by atoms with Crippen molar-refractivity contribution in [2.45, 2.75) is 129 Å². The summed E-state index contributed by atoms with van der Waals surface area (Å²) in [7, 11) is 0. The van der Waals surface area contributed by atoms with E-state index in [0.717, 1.165) is 68.1 Å². The molecule has 2 aliphatic carbocycles. The van der Waals surface area contributed by atoms with Gasteiger partial charge in [-0.25, -0.2) is 0 Å². The Hall–Kier alpha value is -3.40. The molecule has 3 fully saturated rings. The molecular formula is C43H58N2O7S. The van der Waals surface area contributed by atoms with Crippen LogP contribution in [0.2, 0.25) is 0 Å². The van der Waals surface area contributed by atoms with Crippen LogP contribution in [-0.2, 0) is 33.4 Å². The van der Waals surface area contributed by atoms with E-state index in [-0.39, 0.29) is 73.7 Å². The van der Waals surface area contributed by atoms with Gasteiger partial charge in [-0.2, -0.15) is 11.3 Å². The number of aliphatic imine (C=N–C) groups is 1. The number of nitrogens with zero attached hydrogens (tertiary/aromatic N) is 2. The summed E-state index contributed by atoms with van der Waals surface area (Å²) in [5.74, 6) is -2.49. The second kappa shape index (κ2) is 17.0. The molecule has 10 heteroatoms. The average Bonchev–Trinajstić information content (AvgIpc) is 3.40. The van der Waals surface area contributed by atoms with E-state index >= 15 is 0 Å². The van der Waals surface area contributed by atoms with Crippen molar-refractivity contribution in [1.29, 1.82) is 0 Å². The first-order chi connectivity index (χ1) is 25.4. The van der Waals surface area contributed by atoms with Crippen molar-refractivity contribution in [3.63, 3.8) is 0 Å². The van der Waals surface area contributed by atoms with Crippen molar-refractivity contribution in [3.8, 4) is 0 Å². The lowest BCUT2D eigenvalue weighted by molar-refractivity contribution is -0.159. The largest absolute Gasteiger partial charge is 0.466 e. The van der Waals surface area contributed by atoms with Gasteiger partial charge in [0.1, 0.15) is 5.60 Å². The molecule has 0 spiro atoms. The Labute approximate surface area is 319 Å². The third-order valence-corrected chi connectivity index (χ3v) is 12.8. The van der Waals surface area contributed by atoms with Gasteiger partial charge in [0.05, 0.1) is 24.5 Å². The normalized spacial score (nSPS) is 31.2. The third kappa shape index (κ3) is 9.12. The molecule has 3 aliphatic heterocycles. The SMILES string of the molecule is CCOC(=O)[C@]12CC(=O)[C@@H]3C[C@@H](C4CN=CC(C5CCCCC5)=C(c5ccsc5)C4=O)CN3C(=O)C(CC(=O)OC(C)(C)C)CCCCC/C=C\[C@@H]1C2. The van der Waals surface area contributed by atoms with Crippen molar-refractivity contribution >= 4 is 52.5 Å². The highest BCUT2D eigenvalue weighted by Crippen LogP contribution is 2.58. The predicted molar refractivity (Wildman–Crippen MR) is 206 cm³/mol. The van der Waals surface area contributed by atoms with Gasteiger partial charge >= 0.3 is 11.9 Å². The number of ketones is 2. The molecule has 1 aromatic rings. The van der Waals surface area contributed by atoms with Crippen molar-refractivity contribution in [1.82, 2.24) is 4.90 Å². The summed E-state index contributed by atoms with van der Waals surface area (Å²) in [6, 6.07) is 1.20. The molecule has 2 saturated carbocycles. The number of hydrogen-bond acceptors (Lipinski definition) is 9. The van der Waals surface area contributed by atoms with Gasteiger partial charge < -0.3 is 14.4 Å². The summed E-state index contributed by atoms with van der Waals surface area (Å²) >= 11 is 1.57. The summed E-state index contributed by atoms with van der Waals surface area (Å²) in [5, 5.41) is 4.04. The van der Waals surface area contributed by atoms with E-state index < -0.39 is 34.9 Å². The van der Waals surface area contributed by atoms with E-state index in [0.29, 0.717) is 19.3 Å². The highest BCUT2D eigenvalue weighted by molar-refractivity contribution is 7.08. The highest BCUT2D eigenvalue weighted by Gasteiger charge is 2.62. The van der Waals surface area contributed by atoms with Crippen molar-refractivity contribution < 1.29 is 33.4 Å². The molecule has 1 saturated heterocycles. The van der Waals surface area contributed by atoms with Gasteiger partial charge in [-0.1, -0.05) is 44.3 Å². The van der Waals surface area contributed by atoms with Crippen LogP contribution in [0.3, 0.4) is 0 Å². The molecule has 6 rings (SSSR count). The third-order valence-electron chi connectivity index (χ3n) is 12.1. The van der Waals surface area contributed by atoms with Crippen LogP contribution < -0.4 is 0 Å². The zero-order valence-electron chi connectivity index (χ0n) is 32.1. The van der Waals surface area contributed by atoms with Gasteiger partial charge in [0.15, 0.2) is 11.6 Å². The highest BCUT2D eigenvalue weighted by atomic mass is 32.1. The molecule has 6 atom stereocenters. The maximum absolute atomic E-state index is 14.9. The van der Waals surface area contributed by atoms with E-state index in [1.807, 2.05) is 43.8 Å². The molecule has 0 bridgehead atoms. The molecule has 9 nitrogen and oxygen atoms in total. The molecule has 4 heterocycles. The number of hydrogen-bond donors (Lipinski definition) is 0. The van der Waals surface area contributed by atoms with Crippen LogP contribution in [0.4, 0.5) is 0 Å². The van der Waals surface area contributed by atoms with E-state index in [9.17, 15) is 24.0 Å². The van der Waals surface area contributed by atoms with Gasteiger partial charge in [-0.05, 0) is 118 Å². The molecule has 0 radical (unpaired) electrons. The number of ether oxygens (including phenoxy) is 2. The van der Waals surface area contributed by atoms with E-state index in [1.165, 1.54) is 6.42 Å². The zero-order valence-corrected chi connectivity index (χ0v) is 32.9. The molecule has 1 aromatic heterocycles. The number of allylic oxidation sites excluding steroid dienone is 4. The molecule has 288 valence electrons. The van der Waals surface area contributed by atoms with Gasteiger partial charge in [0.25, 0.3) is 0 Å². The zero-order chi connectivity index (χ0) is 37.8. The summed E-state index contributed by atoms with van der Waals surface area (Å²) in [5.41, 5.74) is 1.04. The number of esters is 2. The lowest BCUT2D eigenvalue weighted by Gasteiger charge is -2.30. The van der Waals surface area contributed by atoms with Gasteiger partial charge in [0.2, 0.25) is 5.91 Å². The van der Waals surface area contributed by atoms with Crippen LogP contribution in [0.15, 0.2) is 39.5 Å². The topological polar surface area (TPSA) is 119 Å². The number of rotatable bonds is 7. The van der Waals surface area contributed by atoms with Gasteiger partial charge in [-0.15, -0.1) is 0 Å². The number of amides is 1. The summed E-state index contributed by atoms with van der Waals surface area (Å²) in [6.45, 7) is 7.94. The lowest BCUT2D eigenvalue weighted by Crippen LogP contribution is -2.45. The number of fused-ring (bicyclic) bond motifs is 2. The first-order valence-electron chi connectivity index (χ1n) is 20.1. The lowest BCUT2D eigenvalue weighted by atomic mass is 9.77. The molecule has 1 amide bonds. The van der Waals surface area contributed by atoms with Gasteiger partial charge in [-0.3, -0.25) is 29.0 Å². The minimum atomic E-state index is -0.946. The second-order valence-corrected chi connectivity index (χ2v) is 17.8. The van der Waals surface area contributed by atoms with Crippen LogP contribution in [-0.4, -0.2) is 71.9 Å². The average molecular weight is 747 g/mol. The standard InChI is InChI=1S/C43H58N2O7S/c1-5-51-41(50)43-22-32(43)17-13-8-6-7-10-16-29(21-37(47)52-42(2,3)4)40(49)45-26-31(20-35(45)36(46)23-43)34-25-44-24-33(28-14-11-9-12-15-28)38(39(34)48)30-18-19-53-27-30/h13,17-19,24,27-29,31-32,34-35H,5-12,14-16,20-23,25-26H2,1-4H3/b17-13-/t29?,31-,32-,34?,35+,43-/m1/s1. The Kier molecular flexibility index (Phi) is 12.6. The fourth-order valence-electron chi connectivity index (χ4n) is 9.27. The molecular weight excluding hydrogens is 689 g/mol. The summed E-state index contributed by atoms with van der Waals surface area (Å²) in [6.07, 6.45) is 16.3. The predicted octanol–water partition coefficient (Wildman–Crippen LogP) is 7.97. The first kappa shape index (κ1) is 39.3. The first-order valence-corrected chi connectivity index (χ1v) is 21.1. The Bertz CT molecular complexity index is 1610. The van der Waals surface area contributed by atoms with Crippen LogP contribution in [0.1, 0.15) is 123 Å². The van der Waals surface area contributed by atoms with Crippen molar-refractivity contribution in [2.24, 2.45) is 40.0 Å². The smallest absolute Gasteiger partial charge is 0.313 e. The van der Waals surface area contributed by atoms with Crippen LogP contribution in [0.5, 0.6) is 0 Å². The Morgan fingerprint density at radius 2 is 1.79 bits per heavy atom. The molecule has 0 aromatic carbocycles. The van der Waals surface area contributed by atoms with Crippen LogP contribution in [0.25, 0.3) is 5.57 Å². The van der Waals surface area contributed by atoms with E-state index in [4.69, 9.17) is 14.5 Å². The minimum Gasteiger partial charge on any atom is -0.466 e. The molecule has 53 heavy (non-hydrogen) atoms. The number of carbonyl (C=O) groups is 5.